The van der Waals surface area contributed by atoms with Crippen LogP contribution >= 0.6 is 34.8 Å². The predicted octanol–water partition coefficient (Wildman–Crippen LogP) is 4.16. The second-order valence-corrected chi connectivity index (χ2v) is 6.36. The minimum Gasteiger partial charge on any atom is -0.419 e. The van der Waals surface area contributed by atoms with E-state index in [-0.39, 0.29) is 15.1 Å². The van der Waals surface area contributed by atoms with Crippen LogP contribution in [-0.2, 0) is 19.1 Å². The maximum Gasteiger partial charge on any atom is 0.350 e. The van der Waals surface area contributed by atoms with E-state index in [9.17, 15) is 9.59 Å². The maximum atomic E-state index is 11.8. The van der Waals surface area contributed by atoms with Gasteiger partial charge in [0.05, 0.1) is 5.03 Å². The van der Waals surface area contributed by atoms with Crippen molar-refractivity contribution in [2.45, 2.75) is 19.6 Å². The summed E-state index contributed by atoms with van der Waals surface area (Å²) >= 11 is 17.2. The van der Waals surface area contributed by atoms with E-state index in [2.05, 4.69) is 5.32 Å². The number of carbonyl (C=O) groups excluding carboxylic acids is 2. The number of carbonyl (C=O) groups is 2. The number of ether oxygens (including phenoxy) is 2. The quantitative estimate of drug-likeness (QED) is 0.487. The lowest BCUT2D eigenvalue weighted by atomic mass is 10.2. The smallest absolute Gasteiger partial charge is 0.350 e. The molecule has 23 heavy (non-hydrogen) atoms. The zero-order chi connectivity index (χ0) is 17.2. The molecule has 0 atom stereocenters. The lowest BCUT2D eigenvalue weighted by molar-refractivity contribution is -0.222. The maximum absolute atomic E-state index is 11.8. The molecule has 0 aliphatic carbocycles. The molecule has 5 nitrogen and oxygen atoms in total. The van der Waals surface area contributed by atoms with Crippen LogP contribution in [0.5, 0.6) is 0 Å². The Balaban J connectivity index is 2.21. The molecule has 0 amide bonds. The molecule has 0 saturated carbocycles. The van der Waals surface area contributed by atoms with Gasteiger partial charge in [-0.1, -0.05) is 46.9 Å². The van der Waals surface area contributed by atoms with Gasteiger partial charge in [0.15, 0.2) is 5.57 Å². The van der Waals surface area contributed by atoms with E-state index in [1.807, 2.05) is 0 Å². The number of anilines is 1. The van der Waals surface area contributed by atoms with Gasteiger partial charge in [-0.05, 0) is 17.7 Å². The Morgan fingerprint density at radius 2 is 1.74 bits per heavy atom. The molecule has 1 N–H and O–H groups in total. The third kappa shape index (κ3) is 4.41. The van der Waals surface area contributed by atoms with Gasteiger partial charge in [-0.3, -0.25) is 0 Å². The number of esters is 2. The Morgan fingerprint density at radius 3 is 2.30 bits per heavy atom. The molecule has 1 aliphatic rings. The van der Waals surface area contributed by atoms with Crippen LogP contribution < -0.4 is 5.32 Å². The first kappa shape index (κ1) is 17.7. The van der Waals surface area contributed by atoms with E-state index in [0.29, 0.717) is 11.3 Å². The van der Waals surface area contributed by atoms with Gasteiger partial charge in [0.1, 0.15) is 4.49 Å². The fourth-order valence-electron chi connectivity index (χ4n) is 1.79. The van der Waals surface area contributed by atoms with Crippen molar-refractivity contribution in [1.29, 1.82) is 0 Å². The average molecular weight is 377 g/mol. The monoisotopic (exact) mass is 375 g/mol. The highest BCUT2D eigenvalue weighted by molar-refractivity contribution is 6.66. The summed E-state index contributed by atoms with van der Waals surface area (Å²) in [5.41, 5.74) is 0.893. The molecule has 1 aromatic rings. The Morgan fingerprint density at radius 1 is 1.13 bits per heavy atom. The number of hydrogen-bond donors (Lipinski definition) is 1. The highest BCUT2D eigenvalue weighted by Crippen LogP contribution is 2.29. The van der Waals surface area contributed by atoms with Crippen LogP contribution in [0.25, 0.3) is 5.03 Å². The molecule has 1 aromatic carbocycles. The zero-order valence-corrected chi connectivity index (χ0v) is 14.4. The molecule has 0 bridgehead atoms. The number of halogens is 3. The van der Waals surface area contributed by atoms with Crippen molar-refractivity contribution in [3.8, 4) is 0 Å². The molecule has 1 aliphatic heterocycles. The predicted molar refractivity (Wildman–Crippen MR) is 88.9 cm³/mol. The molecule has 0 unspecified atom stereocenters. The number of cyclic esters (lactones) is 2. The van der Waals surface area contributed by atoms with Crippen LogP contribution in [0.15, 0.2) is 40.5 Å². The van der Waals surface area contributed by atoms with Crippen molar-refractivity contribution >= 4 is 57.5 Å². The highest BCUT2D eigenvalue weighted by atomic mass is 35.5. The van der Waals surface area contributed by atoms with Crippen LogP contribution in [0.4, 0.5) is 5.69 Å². The van der Waals surface area contributed by atoms with E-state index >= 15 is 0 Å². The third-order valence-electron chi connectivity index (χ3n) is 2.78. The highest BCUT2D eigenvalue weighted by Gasteiger charge is 2.38. The van der Waals surface area contributed by atoms with Crippen LogP contribution in [0.2, 0.25) is 0 Å². The molecule has 1 heterocycles. The molecule has 8 heteroatoms. The number of benzene rings is 1. The lowest BCUT2D eigenvalue weighted by Crippen LogP contribution is -2.42. The van der Waals surface area contributed by atoms with E-state index in [0.717, 1.165) is 0 Å². The van der Waals surface area contributed by atoms with Gasteiger partial charge in [0, 0.05) is 25.7 Å². The average Bonchev–Trinajstić information content (AvgIpc) is 2.44. The van der Waals surface area contributed by atoms with Crippen LogP contribution in [-0.4, -0.2) is 17.7 Å². The standard InChI is InChI=1S/C15H12Cl3NO4/c1-15(2)22-13(20)10(14(21)23-15)7-19-9-5-3-4-8(6-9)11(16)12(17)18/h3-7,19H,1-2H3. The molecular formula is C15H12Cl3NO4. The van der Waals surface area contributed by atoms with Crippen molar-refractivity contribution in [2.75, 3.05) is 5.32 Å². The Hall–Kier alpha value is -1.69. The van der Waals surface area contributed by atoms with Gasteiger partial charge in [-0.25, -0.2) is 9.59 Å². The Bertz CT molecular complexity index is 699. The van der Waals surface area contributed by atoms with Crippen molar-refractivity contribution in [2.24, 2.45) is 0 Å². The van der Waals surface area contributed by atoms with E-state index < -0.39 is 17.7 Å². The first-order chi connectivity index (χ1) is 10.7. The molecule has 0 aromatic heterocycles. The van der Waals surface area contributed by atoms with Crippen LogP contribution in [0.1, 0.15) is 19.4 Å². The zero-order valence-electron chi connectivity index (χ0n) is 12.2. The normalized spacial score (nSPS) is 16.3. The first-order valence-corrected chi connectivity index (χ1v) is 7.57. The summed E-state index contributed by atoms with van der Waals surface area (Å²) in [5, 5.41) is 2.99. The van der Waals surface area contributed by atoms with E-state index in [1.165, 1.54) is 20.0 Å². The summed E-state index contributed by atoms with van der Waals surface area (Å²) < 4.78 is 9.90. The first-order valence-electron chi connectivity index (χ1n) is 6.44. The topological polar surface area (TPSA) is 64.6 Å². The minimum absolute atomic E-state index is 0.0659. The lowest BCUT2D eigenvalue weighted by Gasteiger charge is -2.29. The minimum atomic E-state index is -1.28. The van der Waals surface area contributed by atoms with Crippen molar-refractivity contribution < 1.29 is 19.1 Å². The molecule has 2 rings (SSSR count). The van der Waals surface area contributed by atoms with Crippen molar-refractivity contribution in [1.82, 2.24) is 0 Å². The summed E-state index contributed by atoms with van der Waals surface area (Å²) in [7, 11) is 0. The van der Waals surface area contributed by atoms with E-state index in [1.54, 1.807) is 24.3 Å². The summed E-state index contributed by atoms with van der Waals surface area (Å²) in [4.78, 5) is 23.6. The fourth-order valence-corrected chi connectivity index (χ4v) is 2.12. The van der Waals surface area contributed by atoms with Crippen LogP contribution in [0, 0.1) is 0 Å². The molecule has 122 valence electrons. The Kier molecular flexibility index (Phi) is 5.24. The second kappa shape index (κ2) is 6.83. The third-order valence-corrected chi connectivity index (χ3v) is 3.76. The van der Waals surface area contributed by atoms with Gasteiger partial charge in [0.25, 0.3) is 5.79 Å². The van der Waals surface area contributed by atoms with E-state index in [4.69, 9.17) is 44.3 Å². The molecule has 1 saturated heterocycles. The summed E-state index contributed by atoms with van der Waals surface area (Å²) in [6, 6.07) is 6.76. The number of nitrogens with one attached hydrogen (secondary N) is 1. The summed E-state index contributed by atoms with van der Waals surface area (Å²) in [5.74, 6) is -2.81. The van der Waals surface area contributed by atoms with Crippen LogP contribution in [0.3, 0.4) is 0 Å². The van der Waals surface area contributed by atoms with Gasteiger partial charge in [0.2, 0.25) is 0 Å². The largest absolute Gasteiger partial charge is 0.419 e. The fraction of sp³-hybridized carbons (Fsp3) is 0.200. The summed E-state index contributed by atoms with van der Waals surface area (Å²) in [6.45, 7) is 2.95. The molecular weight excluding hydrogens is 365 g/mol. The summed E-state index contributed by atoms with van der Waals surface area (Å²) in [6.07, 6.45) is 1.21. The molecule has 0 radical (unpaired) electrons. The Labute approximate surface area is 147 Å². The number of rotatable bonds is 3. The van der Waals surface area contributed by atoms with Gasteiger partial charge in [-0.15, -0.1) is 0 Å². The van der Waals surface area contributed by atoms with Gasteiger partial charge in [-0.2, -0.15) is 0 Å². The van der Waals surface area contributed by atoms with Gasteiger partial charge < -0.3 is 14.8 Å². The SMILES string of the molecule is CC1(C)OC(=O)C(=CNc2cccc(C(Cl)=C(Cl)Cl)c2)C(=O)O1. The van der Waals surface area contributed by atoms with Gasteiger partial charge >= 0.3 is 11.9 Å². The number of hydrogen-bond acceptors (Lipinski definition) is 5. The van der Waals surface area contributed by atoms with Crippen molar-refractivity contribution in [3.05, 3.63) is 46.1 Å². The van der Waals surface area contributed by atoms with Crippen molar-refractivity contribution in [3.63, 3.8) is 0 Å². The second-order valence-electron chi connectivity index (χ2n) is 5.04. The molecule has 0 spiro atoms. The molecule has 1 fully saturated rings.